The molecule has 1 aliphatic heterocycles. The molecule has 2 N–H and O–H groups in total. The average molecular weight is 512 g/mol. The van der Waals surface area contributed by atoms with E-state index in [1.54, 1.807) is 16.7 Å². The van der Waals surface area contributed by atoms with Crippen LogP contribution in [-0.2, 0) is 4.79 Å². The van der Waals surface area contributed by atoms with E-state index < -0.39 is 0 Å². The fraction of sp³-hybridized carbons (Fsp3) is 0.0769. The van der Waals surface area contributed by atoms with E-state index in [0.29, 0.717) is 21.9 Å². The molecule has 0 saturated heterocycles. The standard InChI is InChI=1S/C26H17N5OS3/c27-13-17-24(16-9-11-33-15-16)18(14-28)26(30-25(17)29)34-12-10-23(32)31-19-5-1-3-7-21(19)35-22-8-4-2-6-20(22)31/h1-9,11,15H,10,12H2,(H2,29,30). The molecule has 0 spiro atoms. The van der Waals surface area contributed by atoms with Crippen LogP contribution < -0.4 is 10.6 Å². The van der Waals surface area contributed by atoms with Crippen molar-refractivity contribution in [1.82, 2.24) is 4.98 Å². The molecule has 0 unspecified atom stereocenters. The van der Waals surface area contributed by atoms with Crippen LogP contribution in [0.3, 0.4) is 0 Å². The van der Waals surface area contributed by atoms with Gasteiger partial charge in [0.05, 0.1) is 16.9 Å². The number of benzene rings is 2. The molecular formula is C26H17N5OS3. The van der Waals surface area contributed by atoms with Crippen LogP contribution in [0.5, 0.6) is 0 Å². The van der Waals surface area contributed by atoms with Crippen molar-refractivity contribution >= 4 is 58.0 Å². The van der Waals surface area contributed by atoms with Gasteiger partial charge in [-0.1, -0.05) is 36.0 Å². The Kier molecular flexibility index (Phi) is 6.47. The lowest BCUT2D eigenvalue weighted by Gasteiger charge is -2.31. The SMILES string of the molecule is N#Cc1c(N)nc(SCCC(=O)N2c3ccccc3Sc3ccccc32)c(C#N)c1-c1ccsc1. The minimum atomic E-state index is -0.0455. The van der Waals surface area contributed by atoms with E-state index >= 15 is 0 Å². The van der Waals surface area contributed by atoms with Crippen LogP contribution in [0.1, 0.15) is 17.5 Å². The van der Waals surface area contributed by atoms with Gasteiger partial charge in [-0.15, -0.1) is 11.8 Å². The van der Waals surface area contributed by atoms with Gasteiger partial charge in [0.2, 0.25) is 5.91 Å². The molecule has 2 aromatic heterocycles. The van der Waals surface area contributed by atoms with Gasteiger partial charge in [0.1, 0.15) is 28.5 Å². The van der Waals surface area contributed by atoms with Gasteiger partial charge in [-0.2, -0.15) is 21.9 Å². The van der Waals surface area contributed by atoms with E-state index in [-0.39, 0.29) is 23.7 Å². The number of pyridine rings is 1. The quantitative estimate of drug-likeness (QED) is 0.307. The third-order valence-corrected chi connectivity index (χ3v) is 8.25. The highest BCUT2D eigenvalue weighted by atomic mass is 32.2. The van der Waals surface area contributed by atoms with Crippen molar-refractivity contribution < 1.29 is 4.79 Å². The van der Waals surface area contributed by atoms with Gasteiger partial charge < -0.3 is 5.73 Å². The summed E-state index contributed by atoms with van der Waals surface area (Å²) in [5.74, 6) is 0.441. The fourth-order valence-electron chi connectivity index (χ4n) is 3.92. The Hall–Kier alpha value is -3.76. The molecule has 1 amide bonds. The third kappa shape index (κ3) is 4.26. The van der Waals surface area contributed by atoms with Crippen LogP contribution in [0.25, 0.3) is 11.1 Å². The van der Waals surface area contributed by atoms with Crippen molar-refractivity contribution in [3.8, 4) is 23.3 Å². The maximum absolute atomic E-state index is 13.4. The Morgan fingerprint density at radius 3 is 2.26 bits per heavy atom. The lowest BCUT2D eigenvalue weighted by molar-refractivity contribution is -0.117. The van der Waals surface area contributed by atoms with Crippen LogP contribution >= 0.6 is 34.9 Å². The first-order chi connectivity index (χ1) is 17.1. The summed E-state index contributed by atoms with van der Waals surface area (Å²) in [4.78, 5) is 21.6. The molecule has 2 aromatic carbocycles. The van der Waals surface area contributed by atoms with Gasteiger partial charge in [-0.25, -0.2) is 4.98 Å². The number of nitrogens with zero attached hydrogens (tertiary/aromatic N) is 4. The molecule has 0 aliphatic carbocycles. The number of nitrogens with two attached hydrogens (primary N) is 1. The number of anilines is 3. The smallest absolute Gasteiger partial charge is 0.232 e. The van der Waals surface area contributed by atoms with Gasteiger partial charge in [0.15, 0.2) is 0 Å². The maximum Gasteiger partial charge on any atom is 0.232 e. The third-order valence-electron chi connectivity index (χ3n) is 5.46. The molecule has 0 bridgehead atoms. The van der Waals surface area contributed by atoms with Crippen LogP contribution in [0, 0.1) is 22.7 Å². The van der Waals surface area contributed by atoms with Gasteiger partial charge >= 0.3 is 0 Å². The number of nitrogen functional groups attached to an aromatic ring is 1. The van der Waals surface area contributed by atoms with Crippen molar-refractivity contribution in [2.24, 2.45) is 0 Å². The fourth-order valence-corrected chi connectivity index (χ4v) is 6.55. The summed E-state index contributed by atoms with van der Waals surface area (Å²) in [6, 6.07) is 21.8. The van der Waals surface area contributed by atoms with Crippen molar-refractivity contribution in [2.45, 2.75) is 21.2 Å². The highest BCUT2D eigenvalue weighted by molar-refractivity contribution is 7.99. The molecule has 170 valence electrons. The number of fused-ring (bicyclic) bond motifs is 2. The van der Waals surface area contributed by atoms with Crippen LogP contribution in [-0.4, -0.2) is 16.6 Å². The van der Waals surface area contributed by atoms with Crippen molar-refractivity contribution in [3.05, 3.63) is 76.5 Å². The largest absolute Gasteiger partial charge is 0.383 e. The van der Waals surface area contributed by atoms with E-state index in [9.17, 15) is 15.3 Å². The number of amides is 1. The first-order valence-electron chi connectivity index (χ1n) is 10.6. The summed E-state index contributed by atoms with van der Waals surface area (Å²) in [6.07, 6.45) is 0.234. The second-order valence-electron chi connectivity index (χ2n) is 7.53. The maximum atomic E-state index is 13.4. The molecule has 1 aliphatic rings. The molecule has 0 fully saturated rings. The number of hydrogen-bond donors (Lipinski definition) is 1. The summed E-state index contributed by atoms with van der Waals surface area (Å²) >= 11 is 4.42. The first-order valence-corrected chi connectivity index (χ1v) is 13.3. The van der Waals surface area contributed by atoms with E-state index in [1.807, 2.05) is 65.4 Å². The Morgan fingerprint density at radius 1 is 1.00 bits per heavy atom. The Morgan fingerprint density at radius 2 is 1.66 bits per heavy atom. The number of para-hydroxylation sites is 2. The zero-order chi connectivity index (χ0) is 24.4. The summed E-state index contributed by atoms with van der Waals surface area (Å²) in [6.45, 7) is 0. The van der Waals surface area contributed by atoms with Crippen LogP contribution in [0.15, 0.2) is 80.2 Å². The predicted octanol–water partition coefficient (Wildman–Crippen LogP) is 6.45. The number of rotatable bonds is 5. The summed E-state index contributed by atoms with van der Waals surface area (Å²) in [7, 11) is 0. The number of carbonyl (C=O) groups is 1. The molecule has 5 rings (SSSR count). The average Bonchev–Trinajstić information content (AvgIpc) is 3.41. The number of thiophene rings is 1. The highest BCUT2D eigenvalue weighted by Gasteiger charge is 2.28. The molecular weight excluding hydrogens is 495 g/mol. The van der Waals surface area contributed by atoms with E-state index in [2.05, 4.69) is 17.1 Å². The molecule has 3 heterocycles. The molecule has 6 nitrogen and oxygen atoms in total. The van der Waals surface area contributed by atoms with Crippen LogP contribution in [0.2, 0.25) is 0 Å². The summed E-state index contributed by atoms with van der Waals surface area (Å²) < 4.78 is 0. The Labute approximate surface area is 215 Å². The minimum Gasteiger partial charge on any atom is -0.383 e. The number of aromatic nitrogens is 1. The lowest BCUT2D eigenvalue weighted by atomic mass is 9.99. The minimum absolute atomic E-state index is 0.0455. The second kappa shape index (κ2) is 9.85. The van der Waals surface area contributed by atoms with Gasteiger partial charge in [0, 0.05) is 27.5 Å². The number of nitriles is 2. The highest BCUT2D eigenvalue weighted by Crippen LogP contribution is 2.48. The molecule has 0 saturated carbocycles. The van der Waals surface area contributed by atoms with E-state index in [0.717, 1.165) is 26.7 Å². The normalized spacial score (nSPS) is 11.8. The zero-order valence-electron chi connectivity index (χ0n) is 18.3. The predicted molar refractivity (Wildman–Crippen MR) is 141 cm³/mol. The second-order valence-corrected chi connectivity index (χ2v) is 10.5. The van der Waals surface area contributed by atoms with Crippen molar-refractivity contribution in [1.29, 1.82) is 10.5 Å². The van der Waals surface area contributed by atoms with Crippen molar-refractivity contribution in [3.63, 3.8) is 0 Å². The summed E-state index contributed by atoms with van der Waals surface area (Å²) in [5, 5.41) is 23.7. The molecule has 35 heavy (non-hydrogen) atoms. The molecule has 9 heteroatoms. The van der Waals surface area contributed by atoms with Gasteiger partial charge in [0.25, 0.3) is 0 Å². The zero-order valence-corrected chi connectivity index (χ0v) is 20.7. The Bertz CT molecular complexity index is 1470. The number of thioether (sulfide) groups is 1. The molecule has 0 radical (unpaired) electrons. The number of hydrogen-bond acceptors (Lipinski definition) is 8. The Balaban J connectivity index is 1.42. The lowest BCUT2D eigenvalue weighted by Crippen LogP contribution is -2.28. The topological polar surface area (TPSA) is 107 Å². The van der Waals surface area contributed by atoms with Gasteiger partial charge in [-0.05, 0) is 46.7 Å². The van der Waals surface area contributed by atoms with Crippen molar-refractivity contribution in [2.75, 3.05) is 16.4 Å². The van der Waals surface area contributed by atoms with Gasteiger partial charge in [-0.3, -0.25) is 9.69 Å². The van der Waals surface area contributed by atoms with Crippen LogP contribution in [0.4, 0.5) is 17.2 Å². The van der Waals surface area contributed by atoms with E-state index in [4.69, 9.17) is 5.73 Å². The monoisotopic (exact) mass is 511 g/mol. The summed E-state index contributed by atoms with van der Waals surface area (Å²) in [5.41, 5.74) is 9.57. The first kappa shape index (κ1) is 23.0. The number of carbonyl (C=O) groups excluding carboxylic acids is 1. The molecule has 0 atom stereocenters. The molecule has 4 aromatic rings. The van der Waals surface area contributed by atoms with E-state index in [1.165, 1.54) is 23.1 Å².